The minimum absolute atomic E-state index is 0.0535. The molecule has 0 aromatic rings. The van der Waals surface area contributed by atoms with Gasteiger partial charge in [-0.15, -0.1) is 0 Å². The summed E-state index contributed by atoms with van der Waals surface area (Å²) in [6, 6.07) is 0.0952. The van der Waals surface area contributed by atoms with E-state index in [0.29, 0.717) is 0 Å². The highest BCUT2D eigenvalue weighted by molar-refractivity contribution is 7.87. The Bertz CT molecular complexity index is 234. The molecule has 0 heterocycles. The van der Waals surface area contributed by atoms with E-state index >= 15 is 0 Å². The average molecular weight is 207 g/mol. The summed E-state index contributed by atoms with van der Waals surface area (Å²) in [4.78, 5) is 0. The van der Waals surface area contributed by atoms with Gasteiger partial charge in [-0.1, -0.05) is 19.3 Å². The van der Waals surface area contributed by atoms with Crippen molar-refractivity contribution in [3.8, 4) is 0 Å². The maximum absolute atomic E-state index is 11.2. The minimum Gasteiger partial charge on any atom is -0.318 e. The summed E-state index contributed by atoms with van der Waals surface area (Å²) >= 11 is 0. The Hall–Kier alpha value is -0.170. The van der Waals surface area contributed by atoms with Crippen molar-refractivity contribution in [1.29, 1.82) is 0 Å². The first-order chi connectivity index (χ1) is 6.14. The maximum atomic E-state index is 11.2. The summed E-state index contributed by atoms with van der Waals surface area (Å²) in [6.07, 6.45) is 5.30. The van der Waals surface area contributed by atoms with Gasteiger partial charge in [-0.2, -0.15) is 17.9 Å². The first kappa shape index (κ1) is 10.9. The molecule has 4 N–H and O–H groups in total. The molecule has 13 heavy (non-hydrogen) atoms. The normalized spacial score (nSPS) is 20.4. The van der Waals surface area contributed by atoms with Gasteiger partial charge in [-0.3, -0.25) is 0 Å². The molecular weight excluding hydrogens is 190 g/mol. The van der Waals surface area contributed by atoms with Crippen molar-refractivity contribution in [2.75, 3.05) is 6.67 Å². The van der Waals surface area contributed by atoms with Crippen molar-refractivity contribution in [3.05, 3.63) is 0 Å². The largest absolute Gasteiger partial charge is 0.318 e. The molecule has 78 valence electrons. The fourth-order valence-electron chi connectivity index (χ4n) is 1.59. The molecule has 0 saturated heterocycles. The number of nitrogens with two attached hydrogens (primary N) is 1. The van der Waals surface area contributed by atoms with Gasteiger partial charge in [0.25, 0.3) is 10.2 Å². The molecule has 1 aliphatic carbocycles. The van der Waals surface area contributed by atoms with Crippen LogP contribution in [0.4, 0.5) is 0 Å². The molecule has 0 bridgehead atoms. The van der Waals surface area contributed by atoms with Crippen LogP contribution in [0.3, 0.4) is 0 Å². The lowest BCUT2D eigenvalue weighted by atomic mass is 9.96. The summed E-state index contributed by atoms with van der Waals surface area (Å²) in [5, 5.41) is 0. The second kappa shape index (κ2) is 4.90. The van der Waals surface area contributed by atoms with Crippen molar-refractivity contribution < 1.29 is 8.42 Å². The smallest absolute Gasteiger partial charge is 0.278 e. The van der Waals surface area contributed by atoms with Crippen LogP contribution in [0, 0.1) is 0 Å². The summed E-state index contributed by atoms with van der Waals surface area (Å²) in [7, 11) is -3.36. The Morgan fingerprint density at radius 3 is 2.38 bits per heavy atom. The van der Waals surface area contributed by atoms with E-state index in [-0.39, 0.29) is 12.7 Å². The van der Waals surface area contributed by atoms with Crippen LogP contribution in [-0.4, -0.2) is 21.1 Å². The van der Waals surface area contributed by atoms with E-state index in [1.165, 1.54) is 6.42 Å². The first-order valence-corrected chi connectivity index (χ1v) is 6.09. The lowest BCUT2D eigenvalue weighted by Gasteiger charge is -2.22. The van der Waals surface area contributed by atoms with Gasteiger partial charge in [-0.05, 0) is 12.8 Å². The Balaban J connectivity index is 2.37. The van der Waals surface area contributed by atoms with E-state index in [0.717, 1.165) is 25.7 Å². The van der Waals surface area contributed by atoms with Gasteiger partial charge in [0.2, 0.25) is 0 Å². The molecule has 0 radical (unpaired) electrons. The van der Waals surface area contributed by atoms with Crippen LogP contribution < -0.4 is 15.2 Å². The van der Waals surface area contributed by atoms with Crippen molar-refractivity contribution in [1.82, 2.24) is 9.44 Å². The van der Waals surface area contributed by atoms with Gasteiger partial charge < -0.3 is 5.73 Å². The fraction of sp³-hybridized carbons (Fsp3) is 1.00. The van der Waals surface area contributed by atoms with Gasteiger partial charge in [-0.25, -0.2) is 0 Å². The van der Waals surface area contributed by atoms with E-state index in [1.807, 2.05) is 0 Å². The van der Waals surface area contributed by atoms with Crippen molar-refractivity contribution in [2.45, 2.75) is 38.1 Å². The zero-order valence-corrected chi connectivity index (χ0v) is 8.44. The lowest BCUT2D eigenvalue weighted by Crippen LogP contribution is -2.45. The standard InChI is InChI=1S/C7H17N3O2S/c8-6-9-13(11,12)10-7-4-2-1-3-5-7/h7,9-10H,1-6,8H2. The Morgan fingerprint density at radius 2 is 1.85 bits per heavy atom. The molecule has 0 amide bonds. The topological polar surface area (TPSA) is 84.2 Å². The van der Waals surface area contributed by atoms with E-state index in [2.05, 4.69) is 9.44 Å². The molecule has 1 fully saturated rings. The molecule has 0 unspecified atom stereocenters. The number of rotatable bonds is 4. The Morgan fingerprint density at radius 1 is 1.23 bits per heavy atom. The van der Waals surface area contributed by atoms with Crippen molar-refractivity contribution >= 4 is 10.2 Å². The second-order valence-corrected chi connectivity index (χ2v) is 4.84. The van der Waals surface area contributed by atoms with E-state index in [9.17, 15) is 8.42 Å². The SMILES string of the molecule is NCNS(=O)(=O)NC1CCCCC1. The van der Waals surface area contributed by atoms with Crippen LogP contribution in [0.5, 0.6) is 0 Å². The van der Waals surface area contributed by atoms with Crippen LogP contribution in [0.2, 0.25) is 0 Å². The number of hydrogen-bond donors (Lipinski definition) is 3. The quantitative estimate of drug-likeness (QED) is 0.551. The maximum Gasteiger partial charge on any atom is 0.278 e. The molecule has 1 aliphatic rings. The van der Waals surface area contributed by atoms with Gasteiger partial charge >= 0.3 is 0 Å². The zero-order valence-electron chi connectivity index (χ0n) is 7.62. The molecule has 0 atom stereocenters. The van der Waals surface area contributed by atoms with Gasteiger partial charge in [0.15, 0.2) is 0 Å². The zero-order chi connectivity index (χ0) is 9.73. The van der Waals surface area contributed by atoms with Crippen LogP contribution in [-0.2, 0) is 10.2 Å². The lowest BCUT2D eigenvalue weighted by molar-refractivity contribution is 0.410. The van der Waals surface area contributed by atoms with Crippen molar-refractivity contribution in [3.63, 3.8) is 0 Å². The summed E-state index contributed by atoms with van der Waals surface area (Å²) in [6.45, 7) is -0.0535. The van der Waals surface area contributed by atoms with Crippen LogP contribution in [0.25, 0.3) is 0 Å². The van der Waals surface area contributed by atoms with Crippen molar-refractivity contribution in [2.24, 2.45) is 5.73 Å². The van der Waals surface area contributed by atoms with Gasteiger partial charge in [0.05, 0.1) is 6.67 Å². The van der Waals surface area contributed by atoms with Gasteiger partial charge in [0.1, 0.15) is 0 Å². The molecule has 6 heteroatoms. The van der Waals surface area contributed by atoms with E-state index in [4.69, 9.17) is 5.73 Å². The highest BCUT2D eigenvalue weighted by Crippen LogP contribution is 2.17. The summed E-state index contributed by atoms with van der Waals surface area (Å²) in [5.41, 5.74) is 5.09. The summed E-state index contributed by atoms with van der Waals surface area (Å²) < 4.78 is 27.2. The van der Waals surface area contributed by atoms with Gasteiger partial charge in [0, 0.05) is 6.04 Å². The monoisotopic (exact) mass is 207 g/mol. The first-order valence-electron chi connectivity index (χ1n) is 4.61. The summed E-state index contributed by atoms with van der Waals surface area (Å²) in [5.74, 6) is 0. The van der Waals surface area contributed by atoms with Crippen LogP contribution in [0.15, 0.2) is 0 Å². The number of nitrogens with one attached hydrogen (secondary N) is 2. The average Bonchev–Trinajstić information content (AvgIpc) is 2.04. The molecule has 1 saturated carbocycles. The highest BCUT2D eigenvalue weighted by Gasteiger charge is 2.18. The second-order valence-electron chi connectivity index (χ2n) is 3.30. The molecule has 1 rings (SSSR count). The van der Waals surface area contributed by atoms with Crippen LogP contribution >= 0.6 is 0 Å². The highest BCUT2D eigenvalue weighted by atomic mass is 32.2. The molecule has 0 aromatic carbocycles. The molecule has 0 aliphatic heterocycles. The fourth-order valence-corrected chi connectivity index (χ4v) is 2.57. The molecule has 0 spiro atoms. The molecule has 0 aromatic heterocycles. The number of hydrogen-bond acceptors (Lipinski definition) is 3. The molecule has 5 nitrogen and oxygen atoms in total. The van der Waals surface area contributed by atoms with Crippen LogP contribution in [0.1, 0.15) is 32.1 Å². The van der Waals surface area contributed by atoms with E-state index in [1.54, 1.807) is 0 Å². The third kappa shape index (κ3) is 4.04. The third-order valence-corrected chi connectivity index (χ3v) is 3.39. The Labute approximate surface area is 79.3 Å². The van der Waals surface area contributed by atoms with E-state index < -0.39 is 10.2 Å². The predicted octanol–water partition coefficient (Wildman–Crippen LogP) is -0.341. The Kier molecular flexibility index (Phi) is 4.11. The molecular formula is C7H17N3O2S. The predicted molar refractivity (Wildman–Crippen MR) is 51.1 cm³/mol. The third-order valence-electron chi connectivity index (χ3n) is 2.20. The minimum atomic E-state index is -3.36.